The van der Waals surface area contributed by atoms with E-state index >= 15 is 0 Å². The summed E-state index contributed by atoms with van der Waals surface area (Å²) in [5.41, 5.74) is 1.97. The van der Waals surface area contributed by atoms with E-state index in [1.165, 1.54) is 0 Å². The highest BCUT2D eigenvalue weighted by Gasteiger charge is 2.12. The fourth-order valence-electron chi connectivity index (χ4n) is 1.51. The van der Waals surface area contributed by atoms with Crippen molar-refractivity contribution in [1.82, 2.24) is 5.32 Å². The summed E-state index contributed by atoms with van der Waals surface area (Å²) in [5.74, 6) is 0.742. The molecule has 0 aliphatic carbocycles. The van der Waals surface area contributed by atoms with Crippen molar-refractivity contribution in [3.8, 4) is 5.75 Å². The maximum absolute atomic E-state index is 9.95. The van der Waals surface area contributed by atoms with Gasteiger partial charge >= 0.3 is 0 Å². The minimum Gasteiger partial charge on any atom is -0.496 e. The van der Waals surface area contributed by atoms with Crippen LogP contribution in [0.2, 0.25) is 0 Å². The third-order valence-electron chi connectivity index (χ3n) is 2.33. The molecule has 3 heteroatoms. The van der Waals surface area contributed by atoms with Crippen molar-refractivity contribution in [3.05, 3.63) is 29.3 Å². The van der Waals surface area contributed by atoms with Gasteiger partial charge in [0.1, 0.15) is 5.75 Å². The Morgan fingerprint density at radius 3 is 2.80 bits per heavy atom. The lowest BCUT2D eigenvalue weighted by molar-refractivity contribution is 0.171. The predicted molar refractivity (Wildman–Crippen MR) is 61.2 cm³/mol. The first-order valence-electron chi connectivity index (χ1n) is 5.22. The normalized spacial score (nSPS) is 12.5. The van der Waals surface area contributed by atoms with Crippen LogP contribution < -0.4 is 10.1 Å². The van der Waals surface area contributed by atoms with Crippen molar-refractivity contribution >= 4 is 0 Å². The number of benzene rings is 1. The van der Waals surface area contributed by atoms with E-state index in [1.54, 1.807) is 7.11 Å². The van der Waals surface area contributed by atoms with Gasteiger partial charge in [0.05, 0.1) is 13.2 Å². The van der Waals surface area contributed by atoms with Gasteiger partial charge in [-0.05, 0) is 25.6 Å². The topological polar surface area (TPSA) is 41.5 Å². The Kier molecular flexibility index (Phi) is 4.59. The Morgan fingerprint density at radius 2 is 2.20 bits per heavy atom. The van der Waals surface area contributed by atoms with Gasteiger partial charge in [-0.15, -0.1) is 0 Å². The van der Waals surface area contributed by atoms with Gasteiger partial charge in [-0.1, -0.05) is 18.6 Å². The molecule has 1 rings (SSSR count). The molecule has 1 aromatic rings. The smallest absolute Gasteiger partial charge is 0.124 e. The Morgan fingerprint density at radius 1 is 1.47 bits per heavy atom. The van der Waals surface area contributed by atoms with Crippen LogP contribution in [0.3, 0.4) is 0 Å². The van der Waals surface area contributed by atoms with Crippen molar-refractivity contribution in [2.75, 3.05) is 20.2 Å². The molecule has 1 aromatic carbocycles. The zero-order valence-corrected chi connectivity index (χ0v) is 9.58. The molecule has 3 nitrogen and oxygen atoms in total. The molecule has 84 valence electrons. The SMILES string of the molecule is CCNCC(O)c1cc(C)ccc1OC. The third kappa shape index (κ3) is 3.22. The Hall–Kier alpha value is -1.06. The number of aliphatic hydroxyl groups is 1. The third-order valence-corrected chi connectivity index (χ3v) is 2.33. The van der Waals surface area contributed by atoms with Crippen molar-refractivity contribution in [2.24, 2.45) is 0 Å². The lowest BCUT2D eigenvalue weighted by Gasteiger charge is -2.15. The zero-order valence-electron chi connectivity index (χ0n) is 9.58. The maximum atomic E-state index is 9.95. The molecule has 0 aliphatic rings. The molecule has 1 unspecified atom stereocenters. The minimum absolute atomic E-state index is 0.514. The molecule has 0 heterocycles. The summed E-state index contributed by atoms with van der Waals surface area (Å²) in [6, 6.07) is 5.82. The van der Waals surface area contributed by atoms with Crippen molar-refractivity contribution in [2.45, 2.75) is 20.0 Å². The number of hydrogen-bond acceptors (Lipinski definition) is 3. The monoisotopic (exact) mass is 209 g/mol. The molecule has 0 fully saturated rings. The molecule has 0 aliphatic heterocycles. The second-order valence-corrected chi connectivity index (χ2v) is 3.57. The van der Waals surface area contributed by atoms with Gasteiger partial charge in [0.25, 0.3) is 0 Å². The molecule has 0 bridgehead atoms. The van der Waals surface area contributed by atoms with E-state index in [-0.39, 0.29) is 0 Å². The average Bonchev–Trinajstić information content (AvgIpc) is 2.25. The van der Waals surface area contributed by atoms with Gasteiger partial charge in [-0.2, -0.15) is 0 Å². The first kappa shape index (κ1) is 12.0. The maximum Gasteiger partial charge on any atom is 0.124 e. The van der Waals surface area contributed by atoms with Crippen LogP contribution in [-0.2, 0) is 0 Å². The number of hydrogen-bond donors (Lipinski definition) is 2. The van der Waals surface area contributed by atoms with Crippen molar-refractivity contribution in [1.29, 1.82) is 0 Å². The number of methoxy groups -OCH3 is 1. The quantitative estimate of drug-likeness (QED) is 0.774. The minimum atomic E-state index is -0.514. The Bertz CT molecular complexity index is 312. The second-order valence-electron chi connectivity index (χ2n) is 3.57. The van der Waals surface area contributed by atoms with Crippen LogP contribution in [0.5, 0.6) is 5.75 Å². The number of likely N-dealkylation sites (N-methyl/N-ethyl adjacent to an activating group) is 1. The molecule has 0 spiro atoms. The number of aryl methyl sites for hydroxylation is 1. The molecular weight excluding hydrogens is 190 g/mol. The number of rotatable bonds is 5. The van der Waals surface area contributed by atoms with Crippen LogP contribution >= 0.6 is 0 Å². The fraction of sp³-hybridized carbons (Fsp3) is 0.500. The molecule has 0 radical (unpaired) electrons. The van der Waals surface area contributed by atoms with E-state index in [2.05, 4.69) is 5.32 Å². The lowest BCUT2D eigenvalue weighted by atomic mass is 10.1. The molecule has 0 amide bonds. The van der Waals surface area contributed by atoms with Gasteiger partial charge in [0.15, 0.2) is 0 Å². The summed E-state index contributed by atoms with van der Waals surface area (Å²) in [5, 5.41) is 13.1. The summed E-state index contributed by atoms with van der Waals surface area (Å²) in [4.78, 5) is 0. The first-order valence-corrected chi connectivity index (χ1v) is 5.22. The largest absolute Gasteiger partial charge is 0.496 e. The Balaban J connectivity index is 2.85. The Labute approximate surface area is 91.1 Å². The summed E-state index contributed by atoms with van der Waals surface area (Å²) in [7, 11) is 1.62. The van der Waals surface area contributed by atoms with E-state index in [4.69, 9.17) is 4.74 Å². The van der Waals surface area contributed by atoms with Gasteiger partial charge in [0.2, 0.25) is 0 Å². The van der Waals surface area contributed by atoms with Gasteiger partial charge in [-0.3, -0.25) is 0 Å². The van der Waals surface area contributed by atoms with Gasteiger partial charge in [-0.25, -0.2) is 0 Å². The lowest BCUT2D eigenvalue weighted by Crippen LogP contribution is -2.21. The second kappa shape index (κ2) is 5.73. The molecule has 2 N–H and O–H groups in total. The van der Waals surface area contributed by atoms with Crippen LogP contribution in [0.15, 0.2) is 18.2 Å². The zero-order chi connectivity index (χ0) is 11.3. The van der Waals surface area contributed by atoms with Crippen molar-refractivity contribution < 1.29 is 9.84 Å². The van der Waals surface area contributed by atoms with E-state index in [0.717, 1.165) is 23.4 Å². The standard InChI is InChI=1S/C12H19NO2/c1-4-13-8-11(14)10-7-9(2)5-6-12(10)15-3/h5-7,11,13-14H,4,8H2,1-3H3. The highest BCUT2D eigenvalue weighted by atomic mass is 16.5. The predicted octanol–water partition coefficient (Wildman–Crippen LogP) is 1.65. The first-order chi connectivity index (χ1) is 7.19. The van der Waals surface area contributed by atoms with Gasteiger partial charge < -0.3 is 15.2 Å². The number of aliphatic hydroxyl groups excluding tert-OH is 1. The van der Waals surface area contributed by atoms with E-state index < -0.39 is 6.10 Å². The van der Waals surface area contributed by atoms with Crippen LogP contribution in [0.25, 0.3) is 0 Å². The number of nitrogens with one attached hydrogen (secondary N) is 1. The van der Waals surface area contributed by atoms with Crippen molar-refractivity contribution in [3.63, 3.8) is 0 Å². The highest BCUT2D eigenvalue weighted by Crippen LogP contribution is 2.25. The summed E-state index contributed by atoms with van der Waals surface area (Å²) >= 11 is 0. The molecule has 1 atom stereocenters. The van der Waals surface area contributed by atoms with Gasteiger partial charge in [0, 0.05) is 12.1 Å². The summed E-state index contributed by atoms with van der Waals surface area (Å²) in [6.45, 7) is 5.42. The highest BCUT2D eigenvalue weighted by molar-refractivity contribution is 5.38. The molecule has 0 saturated heterocycles. The number of ether oxygens (including phenoxy) is 1. The fourth-order valence-corrected chi connectivity index (χ4v) is 1.51. The van der Waals surface area contributed by atoms with Crippen LogP contribution in [0.4, 0.5) is 0 Å². The summed E-state index contributed by atoms with van der Waals surface area (Å²) < 4.78 is 5.21. The van der Waals surface area contributed by atoms with Crippen LogP contribution in [0.1, 0.15) is 24.2 Å². The van der Waals surface area contributed by atoms with E-state index in [1.807, 2.05) is 32.0 Å². The van der Waals surface area contributed by atoms with Crippen LogP contribution in [-0.4, -0.2) is 25.3 Å². The molecule has 15 heavy (non-hydrogen) atoms. The average molecular weight is 209 g/mol. The summed E-state index contributed by atoms with van der Waals surface area (Å²) in [6.07, 6.45) is -0.514. The molecule has 0 aromatic heterocycles. The van der Waals surface area contributed by atoms with Crippen LogP contribution in [0, 0.1) is 6.92 Å². The van der Waals surface area contributed by atoms with E-state index in [0.29, 0.717) is 6.54 Å². The van der Waals surface area contributed by atoms with E-state index in [9.17, 15) is 5.11 Å². The molecular formula is C12H19NO2. The molecule has 0 saturated carbocycles.